The molecule has 1 aromatic carbocycles. The SMILES string of the molecule is CCNC(=O)C1CCCN(C(=O)c2ccc(S(=O)(=O)N(CC)CC)cc2)C1. The highest BCUT2D eigenvalue weighted by atomic mass is 32.2. The van der Waals surface area contributed by atoms with Gasteiger partial charge in [0.2, 0.25) is 15.9 Å². The second-order valence-corrected chi connectivity index (χ2v) is 8.54. The predicted molar refractivity (Wildman–Crippen MR) is 104 cm³/mol. The van der Waals surface area contributed by atoms with Gasteiger partial charge in [-0.1, -0.05) is 13.8 Å². The van der Waals surface area contributed by atoms with Gasteiger partial charge in [0.25, 0.3) is 5.91 Å². The van der Waals surface area contributed by atoms with Crippen LogP contribution in [0, 0.1) is 5.92 Å². The van der Waals surface area contributed by atoms with Crippen LogP contribution in [0.5, 0.6) is 0 Å². The molecule has 2 rings (SSSR count). The summed E-state index contributed by atoms with van der Waals surface area (Å²) in [6, 6.07) is 6.06. The van der Waals surface area contributed by atoms with Crippen LogP contribution in [0.25, 0.3) is 0 Å². The Morgan fingerprint density at radius 1 is 1.15 bits per heavy atom. The molecule has 0 radical (unpaired) electrons. The summed E-state index contributed by atoms with van der Waals surface area (Å²) in [5, 5.41) is 2.81. The Hall–Kier alpha value is -1.93. The zero-order chi connectivity index (χ0) is 20.0. The maximum Gasteiger partial charge on any atom is 0.253 e. The fourth-order valence-electron chi connectivity index (χ4n) is 3.36. The number of hydrogen-bond acceptors (Lipinski definition) is 4. The van der Waals surface area contributed by atoms with Crippen molar-refractivity contribution in [1.82, 2.24) is 14.5 Å². The van der Waals surface area contributed by atoms with E-state index in [9.17, 15) is 18.0 Å². The van der Waals surface area contributed by atoms with Gasteiger partial charge in [-0.3, -0.25) is 9.59 Å². The van der Waals surface area contributed by atoms with E-state index in [-0.39, 0.29) is 22.6 Å². The van der Waals surface area contributed by atoms with Crippen LogP contribution in [0.15, 0.2) is 29.2 Å². The fourth-order valence-corrected chi connectivity index (χ4v) is 4.82. The van der Waals surface area contributed by atoms with Gasteiger partial charge in [0.1, 0.15) is 0 Å². The standard InChI is InChI=1S/C19H29N3O4S/c1-4-20-18(23)16-8-7-13-21(14-16)19(24)15-9-11-17(12-10-15)27(25,26)22(5-2)6-3/h9-12,16H,4-8,13-14H2,1-3H3,(H,20,23). The number of rotatable bonds is 7. The van der Waals surface area contributed by atoms with Gasteiger partial charge in [0.05, 0.1) is 10.8 Å². The molecule has 1 fully saturated rings. The molecular weight excluding hydrogens is 366 g/mol. The van der Waals surface area contributed by atoms with E-state index in [0.29, 0.717) is 38.3 Å². The minimum absolute atomic E-state index is 0.0179. The first-order chi connectivity index (χ1) is 12.8. The summed E-state index contributed by atoms with van der Waals surface area (Å²) >= 11 is 0. The van der Waals surface area contributed by atoms with E-state index in [1.165, 1.54) is 16.4 Å². The molecule has 1 N–H and O–H groups in total. The van der Waals surface area contributed by atoms with E-state index in [1.807, 2.05) is 6.92 Å². The summed E-state index contributed by atoms with van der Waals surface area (Å²) in [6.45, 7) is 7.82. The summed E-state index contributed by atoms with van der Waals surface area (Å²) in [5.74, 6) is -0.378. The minimum Gasteiger partial charge on any atom is -0.356 e. The third-order valence-corrected chi connectivity index (χ3v) is 6.94. The number of sulfonamides is 1. The van der Waals surface area contributed by atoms with Crippen LogP contribution >= 0.6 is 0 Å². The van der Waals surface area contributed by atoms with Gasteiger partial charge >= 0.3 is 0 Å². The van der Waals surface area contributed by atoms with Crippen LogP contribution in [-0.4, -0.2) is 62.2 Å². The molecule has 8 heteroatoms. The summed E-state index contributed by atoms with van der Waals surface area (Å²) < 4.78 is 26.5. The average Bonchev–Trinajstić information content (AvgIpc) is 2.68. The molecule has 0 bridgehead atoms. The topological polar surface area (TPSA) is 86.8 Å². The number of carbonyl (C=O) groups is 2. The van der Waals surface area contributed by atoms with Crippen molar-refractivity contribution in [3.63, 3.8) is 0 Å². The van der Waals surface area contributed by atoms with Crippen molar-refractivity contribution in [2.24, 2.45) is 5.92 Å². The number of carbonyl (C=O) groups excluding carboxylic acids is 2. The molecule has 1 aromatic rings. The summed E-state index contributed by atoms with van der Waals surface area (Å²) in [5.41, 5.74) is 0.435. The third-order valence-electron chi connectivity index (χ3n) is 4.87. The molecule has 1 aliphatic rings. The zero-order valence-corrected chi connectivity index (χ0v) is 17.1. The van der Waals surface area contributed by atoms with E-state index in [0.717, 1.165) is 12.8 Å². The highest BCUT2D eigenvalue weighted by Crippen LogP contribution is 2.21. The molecule has 0 aromatic heterocycles. The number of piperidine rings is 1. The lowest BCUT2D eigenvalue weighted by atomic mass is 9.96. The Morgan fingerprint density at radius 3 is 2.33 bits per heavy atom. The lowest BCUT2D eigenvalue weighted by Gasteiger charge is -2.32. The van der Waals surface area contributed by atoms with Crippen molar-refractivity contribution >= 4 is 21.8 Å². The largest absolute Gasteiger partial charge is 0.356 e. The van der Waals surface area contributed by atoms with Gasteiger partial charge in [0, 0.05) is 38.3 Å². The fraction of sp³-hybridized carbons (Fsp3) is 0.579. The minimum atomic E-state index is -3.54. The quantitative estimate of drug-likeness (QED) is 0.761. The van der Waals surface area contributed by atoms with Crippen molar-refractivity contribution in [1.29, 1.82) is 0 Å². The van der Waals surface area contributed by atoms with Crippen LogP contribution in [0.1, 0.15) is 44.0 Å². The highest BCUT2D eigenvalue weighted by molar-refractivity contribution is 7.89. The molecule has 0 aliphatic carbocycles. The zero-order valence-electron chi connectivity index (χ0n) is 16.3. The summed E-state index contributed by atoms with van der Waals surface area (Å²) in [7, 11) is -3.54. The average molecular weight is 396 g/mol. The van der Waals surface area contributed by atoms with Crippen LogP contribution in [0.2, 0.25) is 0 Å². The van der Waals surface area contributed by atoms with Crippen LogP contribution < -0.4 is 5.32 Å². The molecule has 1 saturated heterocycles. The van der Waals surface area contributed by atoms with E-state index >= 15 is 0 Å². The summed E-state index contributed by atoms with van der Waals surface area (Å²) in [4.78, 5) is 26.7. The Morgan fingerprint density at radius 2 is 1.78 bits per heavy atom. The van der Waals surface area contributed by atoms with Crippen LogP contribution in [0.3, 0.4) is 0 Å². The Labute approximate surface area is 161 Å². The molecule has 2 amide bonds. The van der Waals surface area contributed by atoms with E-state index < -0.39 is 10.0 Å². The first-order valence-electron chi connectivity index (χ1n) is 9.52. The maximum absolute atomic E-state index is 12.8. The number of amides is 2. The predicted octanol–water partition coefficient (Wildman–Crippen LogP) is 1.71. The van der Waals surface area contributed by atoms with Crippen molar-refractivity contribution < 1.29 is 18.0 Å². The first kappa shape index (κ1) is 21.4. The molecule has 27 heavy (non-hydrogen) atoms. The van der Waals surface area contributed by atoms with Crippen molar-refractivity contribution in [2.75, 3.05) is 32.7 Å². The first-order valence-corrected chi connectivity index (χ1v) is 11.0. The number of hydrogen-bond donors (Lipinski definition) is 1. The van der Waals surface area contributed by atoms with Gasteiger partial charge in [-0.15, -0.1) is 0 Å². The molecule has 7 nitrogen and oxygen atoms in total. The smallest absolute Gasteiger partial charge is 0.253 e. The maximum atomic E-state index is 12.8. The van der Waals surface area contributed by atoms with Gasteiger partial charge < -0.3 is 10.2 Å². The van der Waals surface area contributed by atoms with Gasteiger partial charge in [-0.2, -0.15) is 4.31 Å². The molecule has 150 valence electrons. The van der Waals surface area contributed by atoms with E-state index in [2.05, 4.69) is 5.32 Å². The normalized spacial score (nSPS) is 17.8. The number of likely N-dealkylation sites (tertiary alicyclic amines) is 1. The van der Waals surface area contributed by atoms with Crippen molar-refractivity contribution in [2.45, 2.75) is 38.5 Å². The van der Waals surface area contributed by atoms with Gasteiger partial charge in [-0.05, 0) is 44.0 Å². The van der Waals surface area contributed by atoms with Crippen molar-refractivity contribution in [3.05, 3.63) is 29.8 Å². The Kier molecular flexibility index (Phi) is 7.38. The number of benzene rings is 1. The highest BCUT2D eigenvalue weighted by Gasteiger charge is 2.29. The molecule has 0 spiro atoms. The Balaban J connectivity index is 2.12. The molecule has 1 atom stereocenters. The second kappa shape index (κ2) is 9.32. The number of nitrogens with one attached hydrogen (secondary N) is 1. The molecule has 1 heterocycles. The van der Waals surface area contributed by atoms with Gasteiger partial charge in [-0.25, -0.2) is 8.42 Å². The molecular formula is C19H29N3O4S. The Bertz CT molecular complexity index is 758. The van der Waals surface area contributed by atoms with Crippen LogP contribution in [-0.2, 0) is 14.8 Å². The second-order valence-electron chi connectivity index (χ2n) is 6.60. The molecule has 0 saturated carbocycles. The molecule has 1 unspecified atom stereocenters. The lowest BCUT2D eigenvalue weighted by molar-refractivity contribution is -0.126. The number of nitrogens with zero attached hydrogens (tertiary/aromatic N) is 2. The monoisotopic (exact) mass is 395 g/mol. The van der Waals surface area contributed by atoms with E-state index in [4.69, 9.17) is 0 Å². The van der Waals surface area contributed by atoms with Gasteiger partial charge in [0.15, 0.2) is 0 Å². The summed E-state index contributed by atoms with van der Waals surface area (Å²) in [6.07, 6.45) is 1.55. The molecule has 1 aliphatic heterocycles. The van der Waals surface area contributed by atoms with E-state index in [1.54, 1.807) is 30.9 Å². The van der Waals surface area contributed by atoms with Crippen molar-refractivity contribution in [3.8, 4) is 0 Å². The van der Waals surface area contributed by atoms with Crippen LogP contribution in [0.4, 0.5) is 0 Å². The lowest BCUT2D eigenvalue weighted by Crippen LogP contribution is -2.45. The third kappa shape index (κ3) is 4.87.